The van der Waals surface area contributed by atoms with Crippen LogP contribution in [0.4, 0.5) is 0 Å². The third kappa shape index (κ3) is 4.29. The van der Waals surface area contributed by atoms with Gasteiger partial charge in [-0.15, -0.1) is 24.2 Å². The number of halogens is 1. The first-order chi connectivity index (χ1) is 13.0. The smallest absolute Gasteiger partial charge is 0.336 e. The van der Waals surface area contributed by atoms with Crippen molar-refractivity contribution in [2.75, 3.05) is 6.54 Å². The Balaban J connectivity index is 0.00000225. The van der Waals surface area contributed by atoms with Gasteiger partial charge in [-0.2, -0.15) is 0 Å². The third-order valence-electron chi connectivity index (χ3n) is 5.93. The van der Waals surface area contributed by atoms with Gasteiger partial charge < -0.3 is 15.5 Å². The van der Waals surface area contributed by atoms with Crippen LogP contribution >= 0.6 is 24.2 Å². The molecule has 0 spiro atoms. The Morgan fingerprint density at radius 3 is 2.39 bits per heavy atom. The van der Waals surface area contributed by atoms with Crippen LogP contribution < -0.4 is 5.32 Å². The summed E-state index contributed by atoms with van der Waals surface area (Å²) >= 11 is 1.65. The molecule has 2 aliphatic rings. The fourth-order valence-corrected chi connectivity index (χ4v) is 5.90. The number of hydrogen-bond acceptors (Lipinski definition) is 4. The standard InChI is InChI=1S/C21H23NO4S.ClH/c23-20(24)17-8-12-3-1-2-4-13(12)10-19(17)27-16-6-5-14-11-22-18(21(25)26)9-15(14)7-16;/h1-4,8,10,14-16,18,22H,5-7,9,11H2,(H,23,24)(H,25,26);1H/t14-,15+,16-,18-;/m0./s1. The fourth-order valence-electron chi connectivity index (χ4n) is 4.48. The van der Waals surface area contributed by atoms with Gasteiger partial charge in [-0.05, 0) is 67.0 Å². The summed E-state index contributed by atoms with van der Waals surface area (Å²) < 4.78 is 0. The Bertz CT molecular complexity index is 890. The summed E-state index contributed by atoms with van der Waals surface area (Å²) in [5.41, 5.74) is 0.356. The van der Waals surface area contributed by atoms with Crippen LogP contribution in [-0.2, 0) is 4.79 Å². The normalized spacial score (nSPS) is 26.9. The highest BCUT2D eigenvalue weighted by Crippen LogP contribution is 2.43. The fraction of sp³-hybridized carbons (Fsp3) is 0.429. The zero-order valence-electron chi connectivity index (χ0n) is 15.3. The number of carboxylic acids is 2. The van der Waals surface area contributed by atoms with Crippen LogP contribution in [0, 0.1) is 11.8 Å². The van der Waals surface area contributed by atoms with E-state index in [-0.39, 0.29) is 12.4 Å². The second kappa shape index (κ2) is 8.72. The molecule has 1 heterocycles. The molecule has 0 unspecified atom stereocenters. The van der Waals surface area contributed by atoms with Gasteiger partial charge in [0.25, 0.3) is 0 Å². The number of fused-ring (bicyclic) bond motifs is 2. The lowest BCUT2D eigenvalue weighted by Crippen LogP contribution is -2.49. The van der Waals surface area contributed by atoms with Crippen LogP contribution in [0.2, 0.25) is 0 Å². The molecule has 1 aliphatic carbocycles. The quantitative estimate of drug-likeness (QED) is 0.682. The van der Waals surface area contributed by atoms with E-state index < -0.39 is 18.0 Å². The first-order valence-corrected chi connectivity index (χ1v) is 10.3. The minimum Gasteiger partial charge on any atom is -0.480 e. The van der Waals surface area contributed by atoms with E-state index in [1.807, 2.05) is 30.3 Å². The molecule has 4 rings (SSSR count). The molecule has 7 heteroatoms. The van der Waals surface area contributed by atoms with Crippen LogP contribution in [0.25, 0.3) is 10.8 Å². The number of nitrogens with one attached hydrogen (secondary N) is 1. The van der Waals surface area contributed by atoms with Crippen molar-refractivity contribution in [2.24, 2.45) is 11.8 Å². The summed E-state index contributed by atoms with van der Waals surface area (Å²) in [7, 11) is 0. The molecule has 0 bridgehead atoms. The number of hydrogen-bond donors (Lipinski definition) is 3. The Kier molecular flexibility index (Phi) is 6.53. The largest absolute Gasteiger partial charge is 0.480 e. The molecule has 1 saturated carbocycles. The summed E-state index contributed by atoms with van der Waals surface area (Å²) in [5, 5.41) is 24.4. The number of carboxylic acid groups (broad SMARTS) is 2. The maximum Gasteiger partial charge on any atom is 0.336 e. The molecule has 0 radical (unpaired) electrons. The van der Waals surface area contributed by atoms with E-state index in [0.29, 0.717) is 29.1 Å². The maximum absolute atomic E-state index is 11.8. The first kappa shape index (κ1) is 21.0. The third-order valence-corrected chi connectivity index (χ3v) is 7.28. The van der Waals surface area contributed by atoms with Crippen LogP contribution in [0.3, 0.4) is 0 Å². The topological polar surface area (TPSA) is 86.6 Å². The number of aliphatic carboxylic acids is 1. The molecule has 1 saturated heterocycles. The first-order valence-electron chi connectivity index (χ1n) is 9.40. The van der Waals surface area contributed by atoms with Gasteiger partial charge in [0.05, 0.1) is 5.56 Å². The Morgan fingerprint density at radius 1 is 1.00 bits per heavy atom. The van der Waals surface area contributed by atoms with E-state index in [2.05, 4.69) is 5.32 Å². The number of rotatable bonds is 4. The number of carbonyl (C=O) groups is 2. The average Bonchev–Trinajstić information content (AvgIpc) is 2.66. The van der Waals surface area contributed by atoms with Gasteiger partial charge in [0, 0.05) is 10.1 Å². The van der Waals surface area contributed by atoms with Gasteiger partial charge in [0.1, 0.15) is 6.04 Å². The average molecular weight is 422 g/mol. The molecule has 5 nitrogen and oxygen atoms in total. The zero-order valence-corrected chi connectivity index (χ0v) is 17.0. The Hall–Kier alpha value is -1.76. The van der Waals surface area contributed by atoms with Crippen molar-refractivity contribution in [1.82, 2.24) is 5.32 Å². The van der Waals surface area contributed by atoms with Crippen molar-refractivity contribution >= 4 is 46.9 Å². The van der Waals surface area contributed by atoms with E-state index in [1.54, 1.807) is 17.8 Å². The van der Waals surface area contributed by atoms with E-state index in [9.17, 15) is 19.8 Å². The molecule has 150 valence electrons. The molecule has 2 aromatic rings. The Labute approximate surface area is 174 Å². The SMILES string of the molecule is Cl.O=C(O)c1cc2ccccc2cc1S[C@H]1CC[C@H]2CN[C@H](C(=O)O)C[C@H]2C1. The molecule has 0 amide bonds. The predicted molar refractivity (Wildman–Crippen MR) is 113 cm³/mol. The lowest BCUT2D eigenvalue weighted by molar-refractivity contribution is -0.141. The monoisotopic (exact) mass is 421 g/mol. The molecule has 3 N–H and O–H groups in total. The van der Waals surface area contributed by atoms with Crippen molar-refractivity contribution in [3.05, 3.63) is 42.0 Å². The molecular formula is C21H24ClNO4S. The van der Waals surface area contributed by atoms with Crippen molar-refractivity contribution in [3.63, 3.8) is 0 Å². The second-order valence-corrected chi connectivity index (χ2v) is 8.95. The van der Waals surface area contributed by atoms with E-state index in [4.69, 9.17) is 0 Å². The number of aromatic carboxylic acids is 1. The van der Waals surface area contributed by atoms with Gasteiger partial charge in [0.15, 0.2) is 0 Å². The van der Waals surface area contributed by atoms with Gasteiger partial charge >= 0.3 is 11.9 Å². The molecule has 2 aromatic carbocycles. The van der Waals surface area contributed by atoms with Gasteiger partial charge in [-0.3, -0.25) is 4.79 Å². The summed E-state index contributed by atoms with van der Waals surface area (Å²) in [5.74, 6) is -0.740. The zero-order chi connectivity index (χ0) is 19.0. The lowest BCUT2D eigenvalue weighted by Gasteiger charge is -2.41. The highest BCUT2D eigenvalue weighted by molar-refractivity contribution is 8.00. The number of benzene rings is 2. The van der Waals surface area contributed by atoms with Gasteiger partial charge in [-0.1, -0.05) is 24.3 Å². The molecule has 28 heavy (non-hydrogen) atoms. The van der Waals surface area contributed by atoms with Crippen molar-refractivity contribution in [3.8, 4) is 0 Å². The highest BCUT2D eigenvalue weighted by Gasteiger charge is 2.38. The van der Waals surface area contributed by atoms with Crippen molar-refractivity contribution in [2.45, 2.75) is 41.9 Å². The minimum absolute atomic E-state index is 0. The van der Waals surface area contributed by atoms with E-state index >= 15 is 0 Å². The molecule has 4 atom stereocenters. The molecule has 1 aliphatic heterocycles. The molecular weight excluding hydrogens is 398 g/mol. The predicted octanol–water partition coefficient (Wildman–Crippen LogP) is 4.28. The van der Waals surface area contributed by atoms with Crippen LogP contribution in [0.15, 0.2) is 41.3 Å². The van der Waals surface area contributed by atoms with Crippen molar-refractivity contribution in [1.29, 1.82) is 0 Å². The second-order valence-electron chi connectivity index (χ2n) is 7.61. The Morgan fingerprint density at radius 2 is 1.71 bits per heavy atom. The maximum atomic E-state index is 11.8. The number of piperidine rings is 1. The number of thioether (sulfide) groups is 1. The molecule has 0 aromatic heterocycles. The minimum atomic E-state index is -0.898. The van der Waals surface area contributed by atoms with E-state index in [1.165, 1.54) is 0 Å². The summed E-state index contributed by atoms with van der Waals surface area (Å²) in [6, 6.07) is 11.1. The summed E-state index contributed by atoms with van der Waals surface area (Å²) in [6.07, 6.45) is 3.72. The van der Waals surface area contributed by atoms with Crippen LogP contribution in [0.5, 0.6) is 0 Å². The van der Waals surface area contributed by atoms with Gasteiger partial charge in [-0.25, -0.2) is 4.79 Å². The van der Waals surface area contributed by atoms with Gasteiger partial charge in [0.2, 0.25) is 0 Å². The summed E-state index contributed by atoms with van der Waals surface area (Å²) in [6.45, 7) is 0.773. The van der Waals surface area contributed by atoms with Crippen molar-refractivity contribution < 1.29 is 19.8 Å². The highest BCUT2D eigenvalue weighted by atomic mass is 35.5. The summed E-state index contributed by atoms with van der Waals surface area (Å²) in [4.78, 5) is 23.9. The van der Waals surface area contributed by atoms with Crippen LogP contribution in [0.1, 0.15) is 36.0 Å². The lowest BCUT2D eigenvalue weighted by atomic mass is 9.73. The van der Waals surface area contributed by atoms with E-state index in [0.717, 1.165) is 41.5 Å². The van der Waals surface area contributed by atoms with Crippen LogP contribution in [-0.4, -0.2) is 40.0 Å². The molecule has 2 fully saturated rings.